The molecule has 0 atom stereocenters. The molecule has 3 amide bonds. The van der Waals surface area contributed by atoms with Crippen molar-refractivity contribution in [1.29, 1.82) is 0 Å². The molecular weight excluding hydrogens is 458 g/mol. The average molecular weight is 488 g/mol. The Morgan fingerprint density at radius 1 is 0.971 bits per heavy atom. The summed E-state index contributed by atoms with van der Waals surface area (Å²) in [6, 6.07) is 22.7. The third-order valence-corrected chi connectivity index (χ3v) is 6.90. The molecule has 3 aromatic rings. The van der Waals surface area contributed by atoms with Crippen molar-refractivity contribution >= 4 is 40.9 Å². The Morgan fingerprint density at radius 2 is 1.74 bits per heavy atom. The molecule has 0 fully saturated rings. The zero-order valence-corrected chi connectivity index (χ0v) is 20.7. The summed E-state index contributed by atoms with van der Waals surface area (Å²) in [5.74, 6) is -0.0707. The van der Waals surface area contributed by atoms with Gasteiger partial charge in [0.25, 0.3) is 5.91 Å². The highest BCUT2D eigenvalue weighted by molar-refractivity contribution is 8.00. The molecule has 0 bridgehead atoms. The lowest BCUT2D eigenvalue weighted by atomic mass is 10.1. The van der Waals surface area contributed by atoms with E-state index in [1.54, 1.807) is 6.07 Å². The molecule has 0 saturated carbocycles. The standard InChI is InChI=1S/C28H29N3O3S/c1-19(2)27(33)30-22-10-7-8-20(16-22)17-29-28(34)23-11-4-6-13-25(23)35-18-26(32)31-15-14-21-9-3-5-12-24(21)31/h3-13,16,19H,14-15,17-18H2,1-2H3,(H,29,34)(H,30,33). The van der Waals surface area contributed by atoms with Gasteiger partial charge in [0.15, 0.2) is 0 Å². The number of amides is 3. The number of hydrogen-bond donors (Lipinski definition) is 2. The van der Waals surface area contributed by atoms with Crippen LogP contribution in [0.2, 0.25) is 0 Å². The summed E-state index contributed by atoms with van der Waals surface area (Å²) in [4.78, 5) is 40.4. The molecule has 0 unspecified atom stereocenters. The lowest BCUT2D eigenvalue weighted by molar-refractivity contribution is -0.119. The monoisotopic (exact) mass is 487 g/mol. The Morgan fingerprint density at radius 3 is 2.57 bits per heavy atom. The Kier molecular flexibility index (Phi) is 7.87. The molecule has 0 aromatic heterocycles. The topological polar surface area (TPSA) is 78.5 Å². The Bertz CT molecular complexity index is 1240. The number of thioether (sulfide) groups is 1. The van der Waals surface area contributed by atoms with Gasteiger partial charge < -0.3 is 15.5 Å². The number of nitrogens with zero attached hydrogens (tertiary/aromatic N) is 1. The minimum atomic E-state index is -0.205. The lowest BCUT2D eigenvalue weighted by Crippen LogP contribution is -2.30. The van der Waals surface area contributed by atoms with Gasteiger partial charge in [-0.05, 0) is 47.9 Å². The number of carbonyl (C=O) groups is 3. The van der Waals surface area contributed by atoms with Crippen LogP contribution in [-0.2, 0) is 22.6 Å². The second-order valence-corrected chi connectivity index (χ2v) is 9.75. The Hall–Kier alpha value is -3.58. The fourth-order valence-electron chi connectivity index (χ4n) is 3.92. The molecule has 1 aliphatic rings. The van der Waals surface area contributed by atoms with Crippen molar-refractivity contribution in [2.45, 2.75) is 31.7 Å². The number of fused-ring (bicyclic) bond motifs is 1. The van der Waals surface area contributed by atoms with Gasteiger partial charge in [-0.3, -0.25) is 14.4 Å². The third kappa shape index (κ3) is 6.11. The first kappa shape index (κ1) is 24.5. The van der Waals surface area contributed by atoms with Gasteiger partial charge in [0, 0.05) is 35.3 Å². The number of benzene rings is 3. The van der Waals surface area contributed by atoms with Crippen LogP contribution in [0.25, 0.3) is 0 Å². The van der Waals surface area contributed by atoms with Gasteiger partial charge in [-0.1, -0.05) is 56.3 Å². The molecule has 180 valence electrons. The van der Waals surface area contributed by atoms with Crippen LogP contribution in [0.1, 0.15) is 35.3 Å². The first-order valence-electron chi connectivity index (χ1n) is 11.7. The van der Waals surface area contributed by atoms with Crippen LogP contribution in [-0.4, -0.2) is 30.0 Å². The summed E-state index contributed by atoms with van der Waals surface area (Å²) in [7, 11) is 0. The SMILES string of the molecule is CC(C)C(=O)Nc1cccc(CNC(=O)c2ccccc2SCC(=O)N2CCc3ccccc32)c1. The molecular formula is C28H29N3O3S. The van der Waals surface area contributed by atoms with E-state index in [9.17, 15) is 14.4 Å². The second-order valence-electron chi connectivity index (χ2n) is 8.74. The molecule has 0 spiro atoms. The van der Waals surface area contributed by atoms with E-state index < -0.39 is 0 Å². The van der Waals surface area contributed by atoms with Crippen LogP contribution in [0.3, 0.4) is 0 Å². The largest absolute Gasteiger partial charge is 0.348 e. The number of para-hydroxylation sites is 1. The van der Waals surface area contributed by atoms with E-state index >= 15 is 0 Å². The van der Waals surface area contributed by atoms with E-state index in [0.29, 0.717) is 24.3 Å². The number of anilines is 2. The zero-order valence-electron chi connectivity index (χ0n) is 19.9. The van der Waals surface area contributed by atoms with Crippen LogP contribution in [0.15, 0.2) is 77.7 Å². The molecule has 7 heteroatoms. The van der Waals surface area contributed by atoms with Crippen LogP contribution < -0.4 is 15.5 Å². The maximum atomic E-state index is 13.0. The van der Waals surface area contributed by atoms with E-state index in [1.165, 1.54) is 17.3 Å². The molecule has 1 heterocycles. The van der Waals surface area contributed by atoms with Gasteiger partial charge in [0.2, 0.25) is 11.8 Å². The molecule has 2 N–H and O–H groups in total. The van der Waals surface area contributed by atoms with E-state index in [1.807, 2.05) is 79.4 Å². The molecule has 1 aliphatic heterocycles. The zero-order chi connectivity index (χ0) is 24.8. The van der Waals surface area contributed by atoms with Gasteiger partial charge >= 0.3 is 0 Å². The van der Waals surface area contributed by atoms with E-state index in [0.717, 1.165) is 22.6 Å². The first-order chi connectivity index (χ1) is 16.9. The smallest absolute Gasteiger partial charge is 0.252 e. The number of carbonyl (C=O) groups excluding carboxylic acids is 3. The fourth-order valence-corrected chi connectivity index (χ4v) is 4.84. The highest BCUT2D eigenvalue weighted by Gasteiger charge is 2.24. The van der Waals surface area contributed by atoms with Gasteiger partial charge in [-0.15, -0.1) is 11.8 Å². The summed E-state index contributed by atoms with van der Waals surface area (Å²) in [6.45, 7) is 4.70. The van der Waals surface area contributed by atoms with Crippen molar-refractivity contribution in [3.05, 3.63) is 89.5 Å². The predicted molar refractivity (Wildman–Crippen MR) is 141 cm³/mol. The number of hydrogen-bond acceptors (Lipinski definition) is 4. The van der Waals surface area contributed by atoms with Gasteiger partial charge in [-0.25, -0.2) is 0 Å². The van der Waals surface area contributed by atoms with Crippen LogP contribution in [0.4, 0.5) is 11.4 Å². The van der Waals surface area contributed by atoms with Gasteiger partial charge in [0.1, 0.15) is 0 Å². The molecule has 35 heavy (non-hydrogen) atoms. The van der Waals surface area contributed by atoms with Gasteiger partial charge in [-0.2, -0.15) is 0 Å². The maximum absolute atomic E-state index is 13.0. The summed E-state index contributed by atoms with van der Waals surface area (Å²) >= 11 is 1.38. The second kappa shape index (κ2) is 11.2. The highest BCUT2D eigenvalue weighted by Crippen LogP contribution is 2.29. The highest BCUT2D eigenvalue weighted by atomic mass is 32.2. The van der Waals surface area contributed by atoms with Crippen LogP contribution in [0.5, 0.6) is 0 Å². The predicted octanol–water partition coefficient (Wildman–Crippen LogP) is 4.89. The molecule has 0 saturated heterocycles. The third-order valence-electron chi connectivity index (χ3n) is 5.84. The number of nitrogens with one attached hydrogen (secondary N) is 2. The lowest BCUT2D eigenvalue weighted by Gasteiger charge is -2.17. The van der Waals surface area contributed by atoms with Crippen molar-refractivity contribution in [1.82, 2.24) is 5.32 Å². The van der Waals surface area contributed by atoms with E-state index in [4.69, 9.17) is 0 Å². The van der Waals surface area contributed by atoms with E-state index in [-0.39, 0.29) is 29.4 Å². The Labute approximate surface area is 210 Å². The molecule has 0 radical (unpaired) electrons. The first-order valence-corrected chi connectivity index (χ1v) is 12.7. The summed E-state index contributed by atoms with van der Waals surface area (Å²) in [6.07, 6.45) is 0.869. The summed E-state index contributed by atoms with van der Waals surface area (Å²) in [5.41, 5.74) is 4.30. The summed E-state index contributed by atoms with van der Waals surface area (Å²) in [5, 5.41) is 5.83. The minimum Gasteiger partial charge on any atom is -0.348 e. The Balaban J connectivity index is 1.36. The fraction of sp³-hybridized carbons (Fsp3) is 0.250. The minimum absolute atomic E-state index is 0.0374. The average Bonchev–Trinajstić information content (AvgIpc) is 3.30. The number of rotatable bonds is 8. The van der Waals surface area contributed by atoms with Crippen LogP contribution in [0, 0.1) is 5.92 Å². The van der Waals surface area contributed by atoms with Gasteiger partial charge in [0.05, 0.1) is 11.3 Å². The van der Waals surface area contributed by atoms with Crippen molar-refractivity contribution in [3.63, 3.8) is 0 Å². The van der Waals surface area contributed by atoms with Crippen molar-refractivity contribution in [2.24, 2.45) is 5.92 Å². The molecule has 3 aromatic carbocycles. The van der Waals surface area contributed by atoms with Crippen molar-refractivity contribution in [3.8, 4) is 0 Å². The molecule has 6 nitrogen and oxygen atoms in total. The normalized spacial score (nSPS) is 12.4. The van der Waals surface area contributed by atoms with E-state index in [2.05, 4.69) is 16.7 Å². The van der Waals surface area contributed by atoms with Crippen LogP contribution >= 0.6 is 11.8 Å². The van der Waals surface area contributed by atoms with Crippen molar-refractivity contribution < 1.29 is 14.4 Å². The summed E-state index contributed by atoms with van der Waals surface area (Å²) < 4.78 is 0. The quantitative estimate of drug-likeness (QED) is 0.444. The van der Waals surface area contributed by atoms with Crippen molar-refractivity contribution in [2.75, 3.05) is 22.5 Å². The molecule has 0 aliphatic carbocycles. The molecule has 4 rings (SSSR count). The maximum Gasteiger partial charge on any atom is 0.252 e.